The van der Waals surface area contributed by atoms with Crippen molar-refractivity contribution in [3.05, 3.63) is 65.6 Å². The molecule has 170 valence electrons. The molecular formula is C23H21FN4O5. The summed E-state index contributed by atoms with van der Waals surface area (Å²) in [6.45, 7) is 3.06. The summed E-state index contributed by atoms with van der Waals surface area (Å²) in [6, 6.07) is 10.5. The van der Waals surface area contributed by atoms with Crippen LogP contribution < -0.4 is 15.8 Å². The quantitative estimate of drug-likeness (QED) is 0.497. The number of nitrogens with two attached hydrogens (primary N) is 1. The molecule has 1 heterocycles. The van der Waals surface area contributed by atoms with E-state index < -0.39 is 23.7 Å². The number of nitrogens with one attached hydrogen (secondary N) is 1. The number of aromatic nitrogens is 2. The minimum absolute atomic E-state index is 0.0546. The summed E-state index contributed by atoms with van der Waals surface area (Å²) < 4.78 is 23.7. The summed E-state index contributed by atoms with van der Waals surface area (Å²) in [7, 11) is 1.21. The molecule has 0 saturated carbocycles. The third-order valence-electron chi connectivity index (χ3n) is 4.64. The summed E-state index contributed by atoms with van der Waals surface area (Å²) in [5, 5.41) is 2.89. The molecule has 0 aliphatic heterocycles. The lowest BCUT2D eigenvalue weighted by atomic mass is 10.1. The molecule has 1 atom stereocenters. The van der Waals surface area contributed by atoms with Crippen LogP contribution in [0, 0.1) is 5.82 Å². The molecule has 0 spiro atoms. The highest BCUT2D eigenvalue weighted by molar-refractivity contribution is 5.95. The lowest BCUT2D eigenvalue weighted by molar-refractivity contribution is -0.117. The minimum Gasteiger partial charge on any atom is -0.465 e. The van der Waals surface area contributed by atoms with Gasteiger partial charge in [0.1, 0.15) is 34.4 Å². The van der Waals surface area contributed by atoms with Crippen LogP contribution >= 0.6 is 0 Å². The molecule has 0 saturated heterocycles. The fourth-order valence-corrected chi connectivity index (χ4v) is 2.76. The van der Waals surface area contributed by atoms with Gasteiger partial charge < -0.3 is 20.5 Å². The van der Waals surface area contributed by atoms with Gasteiger partial charge in [0, 0.05) is 11.6 Å². The Hall–Kier alpha value is -4.34. The third kappa shape index (κ3) is 5.67. The highest BCUT2D eigenvalue weighted by atomic mass is 19.1. The van der Waals surface area contributed by atoms with Gasteiger partial charge >= 0.3 is 5.97 Å². The third-order valence-corrected chi connectivity index (χ3v) is 4.64. The first-order chi connectivity index (χ1) is 15.7. The monoisotopic (exact) mass is 452 g/mol. The molecule has 1 amide bonds. The van der Waals surface area contributed by atoms with E-state index in [0.29, 0.717) is 11.3 Å². The van der Waals surface area contributed by atoms with Gasteiger partial charge in [0.25, 0.3) is 5.91 Å². The number of benzene rings is 2. The number of carbonyl (C=O) groups is 3. The van der Waals surface area contributed by atoms with Crippen molar-refractivity contribution in [2.75, 3.05) is 12.4 Å². The predicted octanol–water partition coefficient (Wildman–Crippen LogP) is 3.35. The van der Waals surface area contributed by atoms with Gasteiger partial charge in [-0.25, -0.2) is 19.2 Å². The number of ether oxygens (including phenoxy) is 2. The molecule has 3 N–H and O–H groups in total. The molecule has 0 bridgehead atoms. The average Bonchev–Trinajstić information content (AvgIpc) is 2.79. The number of nitrogens with zero attached hydrogens (tertiary/aromatic N) is 2. The van der Waals surface area contributed by atoms with Crippen molar-refractivity contribution in [1.82, 2.24) is 9.97 Å². The first-order valence-electron chi connectivity index (χ1n) is 9.80. The zero-order chi connectivity index (χ0) is 24.1. The van der Waals surface area contributed by atoms with Gasteiger partial charge in [-0.3, -0.25) is 9.59 Å². The van der Waals surface area contributed by atoms with E-state index in [9.17, 15) is 18.8 Å². The SMILES string of the molecule is COC(=O)c1cc(-c2nc(N[C@@H](C)C(C)=O)cc(C(N)=O)n2)ccc1Oc1ccc(F)cc1. The van der Waals surface area contributed by atoms with Gasteiger partial charge in [-0.2, -0.15) is 0 Å². The Morgan fingerprint density at radius 3 is 2.36 bits per heavy atom. The largest absolute Gasteiger partial charge is 0.465 e. The number of hydrogen-bond acceptors (Lipinski definition) is 8. The van der Waals surface area contributed by atoms with E-state index in [2.05, 4.69) is 15.3 Å². The molecule has 0 aliphatic rings. The van der Waals surface area contributed by atoms with Gasteiger partial charge in [0.2, 0.25) is 0 Å². The number of esters is 1. The number of Topliss-reactive ketones (excluding diaryl/α,β-unsaturated/α-hetero) is 1. The molecule has 0 unspecified atom stereocenters. The number of halogens is 1. The van der Waals surface area contributed by atoms with Crippen LogP contribution in [-0.2, 0) is 9.53 Å². The Bertz CT molecular complexity index is 1210. The van der Waals surface area contributed by atoms with Gasteiger partial charge in [-0.1, -0.05) is 0 Å². The average molecular weight is 452 g/mol. The van der Waals surface area contributed by atoms with Gasteiger partial charge in [0.05, 0.1) is 13.2 Å². The first kappa shape index (κ1) is 23.3. The summed E-state index contributed by atoms with van der Waals surface area (Å²) in [6.07, 6.45) is 0. The van der Waals surface area contributed by atoms with Crippen LogP contribution in [0.2, 0.25) is 0 Å². The molecule has 0 aliphatic carbocycles. The van der Waals surface area contributed by atoms with Crippen LogP contribution in [-0.4, -0.2) is 40.8 Å². The lowest BCUT2D eigenvalue weighted by Gasteiger charge is -2.14. The number of hydrogen-bond donors (Lipinski definition) is 2. The second kappa shape index (κ2) is 9.86. The van der Waals surface area contributed by atoms with Crippen molar-refractivity contribution in [3.63, 3.8) is 0 Å². The second-order valence-electron chi connectivity index (χ2n) is 7.06. The van der Waals surface area contributed by atoms with Crippen molar-refractivity contribution in [3.8, 4) is 22.9 Å². The fraction of sp³-hybridized carbons (Fsp3) is 0.174. The van der Waals surface area contributed by atoms with Crippen molar-refractivity contribution >= 4 is 23.5 Å². The van der Waals surface area contributed by atoms with Gasteiger partial charge in [0.15, 0.2) is 11.6 Å². The Kier molecular flexibility index (Phi) is 6.97. The number of amides is 1. The molecule has 10 heteroatoms. The first-order valence-corrected chi connectivity index (χ1v) is 9.80. The van der Waals surface area contributed by atoms with E-state index in [0.717, 1.165) is 0 Å². The van der Waals surface area contributed by atoms with Crippen LogP contribution in [0.3, 0.4) is 0 Å². The zero-order valence-corrected chi connectivity index (χ0v) is 18.1. The molecule has 0 fully saturated rings. The van der Waals surface area contributed by atoms with E-state index in [1.165, 1.54) is 56.5 Å². The fourth-order valence-electron chi connectivity index (χ4n) is 2.76. The van der Waals surface area contributed by atoms with Crippen LogP contribution in [0.5, 0.6) is 11.5 Å². The Morgan fingerprint density at radius 2 is 1.76 bits per heavy atom. The van der Waals surface area contributed by atoms with Crippen molar-refractivity contribution in [2.45, 2.75) is 19.9 Å². The Balaban J connectivity index is 2.05. The van der Waals surface area contributed by atoms with E-state index in [-0.39, 0.29) is 34.4 Å². The topological polar surface area (TPSA) is 134 Å². The predicted molar refractivity (Wildman–Crippen MR) is 118 cm³/mol. The maximum atomic E-state index is 13.2. The number of methoxy groups -OCH3 is 1. The summed E-state index contributed by atoms with van der Waals surface area (Å²) in [4.78, 5) is 44.3. The Labute approximate surface area is 188 Å². The van der Waals surface area contributed by atoms with E-state index >= 15 is 0 Å². The van der Waals surface area contributed by atoms with Crippen LogP contribution in [0.1, 0.15) is 34.7 Å². The summed E-state index contributed by atoms with van der Waals surface area (Å²) in [5.74, 6) is -1.28. The molecule has 2 aromatic carbocycles. The standard InChI is InChI=1S/C23H21FN4O5/c1-12(13(2)29)26-20-11-18(21(25)30)27-22(28-20)14-4-9-19(17(10-14)23(31)32-3)33-16-7-5-15(24)6-8-16/h4-12H,1-3H3,(H2,25,30)(H,26,27,28)/t12-/m0/s1. The molecule has 3 rings (SSSR count). The molecule has 0 radical (unpaired) electrons. The summed E-state index contributed by atoms with van der Waals surface area (Å²) in [5.41, 5.74) is 5.74. The smallest absolute Gasteiger partial charge is 0.341 e. The van der Waals surface area contributed by atoms with Crippen LogP contribution in [0.25, 0.3) is 11.4 Å². The number of anilines is 1. The normalized spacial score (nSPS) is 11.4. The number of ketones is 1. The van der Waals surface area contributed by atoms with E-state index in [1.54, 1.807) is 13.0 Å². The van der Waals surface area contributed by atoms with Gasteiger partial charge in [-0.15, -0.1) is 0 Å². The minimum atomic E-state index is -0.790. The van der Waals surface area contributed by atoms with Crippen molar-refractivity contribution in [1.29, 1.82) is 0 Å². The highest BCUT2D eigenvalue weighted by Gasteiger charge is 2.19. The lowest BCUT2D eigenvalue weighted by Crippen LogP contribution is -2.25. The van der Waals surface area contributed by atoms with Gasteiger partial charge in [-0.05, 0) is 56.3 Å². The maximum Gasteiger partial charge on any atom is 0.341 e. The molecule has 1 aromatic heterocycles. The number of rotatable bonds is 8. The zero-order valence-electron chi connectivity index (χ0n) is 18.1. The maximum absolute atomic E-state index is 13.2. The molecule has 33 heavy (non-hydrogen) atoms. The van der Waals surface area contributed by atoms with E-state index in [1.807, 2.05) is 0 Å². The number of carbonyl (C=O) groups excluding carboxylic acids is 3. The summed E-state index contributed by atoms with van der Waals surface area (Å²) >= 11 is 0. The van der Waals surface area contributed by atoms with Crippen LogP contribution in [0.4, 0.5) is 10.2 Å². The van der Waals surface area contributed by atoms with E-state index in [4.69, 9.17) is 15.2 Å². The van der Waals surface area contributed by atoms with Crippen LogP contribution in [0.15, 0.2) is 48.5 Å². The van der Waals surface area contributed by atoms with Crippen molar-refractivity contribution in [2.24, 2.45) is 5.73 Å². The Morgan fingerprint density at radius 1 is 1.06 bits per heavy atom. The molecule has 9 nitrogen and oxygen atoms in total. The number of primary amides is 1. The molecular weight excluding hydrogens is 431 g/mol. The molecule has 3 aromatic rings. The second-order valence-corrected chi connectivity index (χ2v) is 7.06. The van der Waals surface area contributed by atoms with Crippen molar-refractivity contribution < 1.29 is 28.2 Å². The highest BCUT2D eigenvalue weighted by Crippen LogP contribution is 2.30.